The number of hydrogen-bond donors (Lipinski definition) is 3. The van der Waals surface area contributed by atoms with Crippen LogP contribution in [0.15, 0.2) is 4.99 Å². The fraction of sp³-hybridized carbons (Fsp3) is 0.909. The van der Waals surface area contributed by atoms with Gasteiger partial charge in [0.15, 0.2) is 5.96 Å². The highest BCUT2D eigenvalue weighted by Crippen LogP contribution is 2.16. The van der Waals surface area contributed by atoms with Gasteiger partial charge in [-0.15, -0.1) is 24.0 Å². The first-order valence-electron chi connectivity index (χ1n) is 11.6. The van der Waals surface area contributed by atoms with Crippen LogP contribution < -0.4 is 16.4 Å². The Kier molecular flexibility index (Phi) is 17.9. The van der Waals surface area contributed by atoms with Crippen molar-refractivity contribution >= 4 is 35.8 Å². The van der Waals surface area contributed by atoms with Crippen molar-refractivity contribution in [3.8, 4) is 0 Å². The fourth-order valence-corrected chi connectivity index (χ4v) is 3.66. The average Bonchev–Trinajstić information content (AvgIpc) is 2.67. The summed E-state index contributed by atoms with van der Waals surface area (Å²) in [6, 6.07) is 0. The zero-order valence-electron chi connectivity index (χ0n) is 19.0. The predicted octanol–water partition coefficient (Wildman–Crippen LogP) is 3.74. The smallest absolute Gasteiger partial charge is 0.220 e. The second-order valence-electron chi connectivity index (χ2n) is 8.51. The minimum Gasteiger partial charge on any atom is -0.369 e. The maximum Gasteiger partial charge on any atom is 0.220 e. The summed E-state index contributed by atoms with van der Waals surface area (Å²) in [6.07, 6.45) is 10.6. The molecule has 29 heavy (non-hydrogen) atoms. The zero-order valence-corrected chi connectivity index (χ0v) is 21.4. The van der Waals surface area contributed by atoms with Gasteiger partial charge < -0.3 is 21.3 Å². The van der Waals surface area contributed by atoms with E-state index in [1.54, 1.807) is 0 Å². The number of halogens is 1. The Morgan fingerprint density at radius 2 is 1.76 bits per heavy atom. The number of amides is 1. The molecular formula is C22H46IN5O. The van der Waals surface area contributed by atoms with Gasteiger partial charge in [0.2, 0.25) is 5.91 Å². The standard InChI is InChI=1S/C22H45N5O.HI/c1-4-24-22(25-14-8-6-5-7-11-19(2)3)26-15-9-10-16-27-17-12-20(13-18-27)21(23)28;/h19-20H,4-18H2,1-3H3,(H2,23,28)(H2,24,25,26);1H. The molecule has 4 N–H and O–H groups in total. The minimum absolute atomic E-state index is 0. The van der Waals surface area contributed by atoms with Gasteiger partial charge >= 0.3 is 0 Å². The summed E-state index contributed by atoms with van der Waals surface area (Å²) in [7, 11) is 0. The molecule has 1 aliphatic heterocycles. The molecule has 0 aliphatic carbocycles. The third-order valence-corrected chi connectivity index (χ3v) is 5.49. The number of nitrogens with zero attached hydrogens (tertiary/aromatic N) is 2. The lowest BCUT2D eigenvalue weighted by Gasteiger charge is -2.30. The number of hydrogen-bond acceptors (Lipinski definition) is 3. The first kappa shape index (κ1) is 28.4. The Hall–Kier alpha value is -0.570. The molecule has 1 saturated heterocycles. The number of aliphatic imine (C=N–C) groups is 1. The Morgan fingerprint density at radius 3 is 2.38 bits per heavy atom. The van der Waals surface area contributed by atoms with Gasteiger partial charge in [0, 0.05) is 25.6 Å². The van der Waals surface area contributed by atoms with Crippen LogP contribution in [0.5, 0.6) is 0 Å². The molecule has 1 aliphatic rings. The molecule has 0 atom stereocenters. The van der Waals surface area contributed by atoms with Crippen molar-refractivity contribution in [2.45, 2.75) is 78.6 Å². The molecule has 0 saturated carbocycles. The van der Waals surface area contributed by atoms with Gasteiger partial charge in [-0.2, -0.15) is 0 Å². The first-order chi connectivity index (χ1) is 13.5. The zero-order chi connectivity index (χ0) is 20.6. The molecular weight excluding hydrogens is 477 g/mol. The lowest BCUT2D eigenvalue weighted by Crippen LogP contribution is -2.39. The third kappa shape index (κ3) is 15.0. The molecule has 7 heteroatoms. The summed E-state index contributed by atoms with van der Waals surface area (Å²) in [4.78, 5) is 18.4. The van der Waals surface area contributed by atoms with Crippen LogP contribution in [-0.2, 0) is 4.79 Å². The molecule has 1 amide bonds. The number of guanidine groups is 1. The van der Waals surface area contributed by atoms with E-state index >= 15 is 0 Å². The Labute approximate surface area is 196 Å². The first-order valence-corrected chi connectivity index (χ1v) is 11.6. The average molecular weight is 524 g/mol. The van der Waals surface area contributed by atoms with Crippen LogP contribution in [0, 0.1) is 11.8 Å². The fourth-order valence-electron chi connectivity index (χ4n) is 3.66. The second kappa shape index (κ2) is 18.2. The van der Waals surface area contributed by atoms with Crippen LogP contribution in [-0.4, -0.2) is 56.0 Å². The highest BCUT2D eigenvalue weighted by molar-refractivity contribution is 14.0. The van der Waals surface area contributed by atoms with Crippen LogP contribution >= 0.6 is 24.0 Å². The maximum absolute atomic E-state index is 11.2. The van der Waals surface area contributed by atoms with Gasteiger partial charge in [0.1, 0.15) is 0 Å². The van der Waals surface area contributed by atoms with Crippen molar-refractivity contribution in [2.75, 3.05) is 39.3 Å². The van der Waals surface area contributed by atoms with Crippen molar-refractivity contribution in [3.63, 3.8) is 0 Å². The van der Waals surface area contributed by atoms with Crippen LogP contribution in [0.3, 0.4) is 0 Å². The molecule has 0 aromatic heterocycles. The quantitative estimate of drug-likeness (QED) is 0.140. The normalized spacial score (nSPS) is 15.9. The van der Waals surface area contributed by atoms with E-state index in [0.29, 0.717) is 0 Å². The summed E-state index contributed by atoms with van der Waals surface area (Å²) < 4.78 is 0. The predicted molar refractivity (Wildman–Crippen MR) is 135 cm³/mol. The summed E-state index contributed by atoms with van der Waals surface area (Å²) in [5.74, 6) is 1.73. The van der Waals surface area contributed by atoms with E-state index in [9.17, 15) is 4.79 Å². The third-order valence-electron chi connectivity index (χ3n) is 5.49. The van der Waals surface area contributed by atoms with Crippen molar-refractivity contribution in [3.05, 3.63) is 0 Å². The number of piperidine rings is 1. The summed E-state index contributed by atoms with van der Waals surface area (Å²) in [5, 5.41) is 6.80. The number of nitrogens with one attached hydrogen (secondary N) is 2. The topological polar surface area (TPSA) is 82.8 Å². The number of rotatable bonds is 14. The highest BCUT2D eigenvalue weighted by atomic mass is 127. The van der Waals surface area contributed by atoms with E-state index in [0.717, 1.165) is 70.4 Å². The largest absolute Gasteiger partial charge is 0.369 e. The summed E-state index contributed by atoms with van der Waals surface area (Å²) >= 11 is 0. The Bertz CT molecular complexity index is 437. The van der Waals surface area contributed by atoms with Gasteiger partial charge in [-0.05, 0) is 64.6 Å². The molecule has 1 heterocycles. The van der Waals surface area contributed by atoms with Gasteiger partial charge in [0.05, 0.1) is 0 Å². The maximum atomic E-state index is 11.2. The minimum atomic E-state index is -0.130. The van der Waals surface area contributed by atoms with Crippen molar-refractivity contribution in [1.82, 2.24) is 15.5 Å². The number of primary amides is 1. The van der Waals surface area contributed by atoms with Crippen LogP contribution in [0.4, 0.5) is 0 Å². The highest BCUT2D eigenvalue weighted by Gasteiger charge is 2.22. The van der Waals surface area contributed by atoms with Crippen LogP contribution in [0.2, 0.25) is 0 Å². The molecule has 0 radical (unpaired) electrons. The van der Waals surface area contributed by atoms with Crippen LogP contribution in [0.1, 0.15) is 78.6 Å². The van der Waals surface area contributed by atoms with Gasteiger partial charge in [-0.1, -0.05) is 39.5 Å². The van der Waals surface area contributed by atoms with E-state index in [-0.39, 0.29) is 35.8 Å². The molecule has 1 fully saturated rings. The van der Waals surface area contributed by atoms with Crippen LogP contribution in [0.25, 0.3) is 0 Å². The lowest BCUT2D eigenvalue weighted by atomic mass is 9.96. The molecule has 0 aromatic rings. The molecule has 6 nitrogen and oxygen atoms in total. The second-order valence-corrected chi connectivity index (χ2v) is 8.51. The van der Waals surface area contributed by atoms with E-state index in [2.05, 4.69) is 36.3 Å². The number of carbonyl (C=O) groups excluding carboxylic acids is 1. The molecule has 0 aromatic carbocycles. The molecule has 0 bridgehead atoms. The molecule has 0 unspecified atom stereocenters. The number of nitrogens with two attached hydrogens (primary N) is 1. The van der Waals surface area contributed by atoms with Gasteiger partial charge in [-0.3, -0.25) is 9.79 Å². The summed E-state index contributed by atoms with van der Waals surface area (Å²) in [6.45, 7) is 12.6. The number of carbonyl (C=O) groups is 1. The monoisotopic (exact) mass is 523 g/mol. The molecule has 172 valence electrons. The lowest BCUT2D eigenvalue weighted by molar-refractivity contribution is -0.123. The SMILES string of the molecule is CCNC(=NCCCCCCC(C)C)NCCCCN1CCC(C(N)=O)CC1.I. The van der Waals surface area contributed by atoms with Crippen molar-refractivity contribution < 1.29 is 4.79 Å². The van der Waals surface area contributed by atoms with Crippen molar-refractivity contribution in [1.29, 1.82) is 0 Å². The number of likely N-dealkylation sites (tertiary alicyclic amines) is 1. The molecule has 1 rings (SSSR count). The number of unbranched alkanes of at least 4 members (excludes halogenated alkanes) is 4. The molecule has 0 spiro atoms. The van der Waals surface area contributed by atoms with E-state index in [4.69, 9.17) is 10.7 Å². The Balaban J connectivity index is 0.00000784. The summed E-state index contributed by atoms with van der Waals surface area (Å²) in [5.41, 5.74) is 5.40. The van der Waals surface area contributed by atoms with E-state index in [1.165, 1.54) is 38.5 Å². The van der Waals surface area contributed by atoms with Crippen molar-refractivity contribution in [2.24, 2.45) is 22.6 Å². The van der Waals surface area contributed by atoms with Gasteiger partial charge in [-0.25, -0.2) is 0 Å². The van der Waals surface area contributed by atoms with E-state index < -0.39 is 0 Å². The van der Waals surface area contributed by atoms with Gasteiger partial charge in [0.25, 0.3) is 0 Å². The Morgan fingerprint density at radius 1 is 1.07 bits per heavy atom. The van der Waals surface area contributed by atoms with E-state index in [1.807, 2.05) is 0 Å².